The zero-order valence-electron chi connectivity index (χ0n) is 21.5. The largest absolute Gasteiger partial charge is 0.494 e. The lowest BCUT2D eigenvalue weighted by Gasteiger charge is -2.33. The predicted molar refractivity (Wildman–Crippen MR) is 146 cm³/mol. The summed E-state index contributed by atoms with van der Waals surface area (Å²) in [6, 6.07) is 15.4. The van der Waals surface area contributed by atoms with Crippen LogP contribution in [0.4, 0.5) is 5.82 Å². The minimum Gasteiger partial charge on any atom is -0.494 e. The lowest BCUT2D eigenvalue weighted by molar-refractivity contribution is -0.134. The van der Waals surface area contributed by atoms with E-state index in [1.54, 1.807) is 29.3 Å². The molecule has 0 bridgehead atoms. The Morgan fingerprint density at radius 2 is 1.89 bits per heavy atom. The number of carbonyl (C=O) groups is 1. The SMILES string of the molecule is CCOc1ccc2ccc(S(=O)(=O)NC(CCCNc3ccccn3)C(=O)N3CCC(C)CC3)cc2c1. The summed E-state index contributed by atoms with van der Waals surface area (Å²) in [6.07, 6.45) is 4.56. The van der Waals surface area contributed by atoms with Gasteiger partial charge in [-0.15, -0.1) is 0 Å². The summed E-state index contributed by atoms with van der Waals surface area (Å²) in [7, 11) is -3.93. The van der Waals surface area contributed by atoms with Gasteiger partial charge in [0.05, 0.1) is 11.5 Å². The maximum Gasteiger partial charge on any atom is 0.241 e. The Morgan fingerprint density at radius 1 is 1.11 bits per heavy atom. The summed E-state index contributed by atoms with van der Waals surface area (Å²) in [4.78, 5) is 19.6. The highest BCUT2D eigenvalue weighted by molar-refractivity contribution is 7.89. The lowest BCUT2D eigenvalue weighted by Crippen LogP contribution is -2.50. The molecule has 0 saturated carbocycles. The molecule has 8 nitrogen and oxygen atoms in total. The highest BCUT2D eigenvalue weighted by Gasteiger charge is 2.30. The summed E-state index contributed by atoms with van der Waals surface area (Å²) < 4.78 is 35.2. The second-order valence-corrected chi connectivity index (χ2v) is 11.3. The molecule has 1 aliphatic rings. The van der Waals surface area contributed by atoms with Crippen LogP contribution in [0.25, 0.3) is 10.8 Å². The van der Waals surface area contributed by atoms with E-state index in [-0.39, 0.29) is 10.8 Å². The number of sulfonamides is 1. The first-order chi connectivity index (χ1) is 17.9. The monoisotopic (exact) mass is 524 g/mol. The maximum absolute atomic E-state index is 13.5. The fourth-order valence-electron chi connectivity index (χ4n) is 4.55. The number of aromatic nitrogens is 1. The standard InChI is InChI=1S/C28H36N4O4S/c1-3-36-24-11-9-22-10-12-25(20-23(22)19-24)37(34,35)31-26(28(33)32-17-13-21(2)14-18-32)7-6-16-30-27-8-4-5-15-29-27/h4-5,8-12,15,19-21,26,31H,3,6-7,13-14,16-18H2,1-2H3,(H,29,30). The minimum absolute atomic E-state index is 0.130. The molecule has 1 aromatic heterocycles. The highest BCUT2D eigenvalue weighted by atomic mass is 32.2. The molecule has 0 aliphatic carbocycles. The Morgan fingerprint density at radius 3 is 2.62 bits per heavy atom. The van der Waals surface area contributed by atoms with Gasteiger partial charge in [-0.05, 0) is 85.7 Å². The quantitative estimate of drug-likeness (QED) is 0.360. The van der Waals surface area contributed by atoms with Gasteiger partial charge in [-0.3, -0.25) is 4.79 Å². The number of ether oxygens (including phenoxy) is 1. The molecule has 2 N–H and O–H groups in total. The second kappa shape index (κ2) is 12.4. The van der Waals surface area contributed by atoms with Gasteiger partial charge in [0.1, 0.15) is 17.6 Å². The molecule has 0 radical (unpaired) electrons. The molecule has 2 aromatic carbocycles. The Kier molecular flexibility index (Phi) is 9.00. The molecule has 1 unspecified atom stereocenters. The van der Waals surface area contributed by atoms with Crippen LogP contribution in [0, 0.1) is 5.92 Å². The van der Waals surface area contributed by atoms with Gasteiger partial charge in [-0.2, -0.15) is 4.72 Å². The molecule has 9 heteroatoms. The summed E-state index contributed by atoms with van der Waals surface area (Å²) in [5.41, 5.74) is 0. The lowest BCUT2D eigenvalue weighted by atomic mass is 9.98. The summed E-state index contributed by atoms with van der Waals surface area (Å²) >= 11 is 0. The van der Waals surface area contributed by atoms with Crippen molar-refractivity contribution in [3.63, 3.8) is 0 Å². The first kappa shape index (κ1) is 26.9. The van der Waals surface area contributed by atoms with E-state index < -0.39 is 16.1 Å². The number of fused-ring (bicyclic) bond motifs is 1. The molecule has 0 spiro atoms. The zero-order chi connectivity index (χ0) is 26.3. The van der Waals surface area contributed by atoms with Crippen molar-refractivity contribution in [1.82, 2.24) is 14.6 Å². The second-order valence-electron chi connectivity index (χ2n) is 9.57. The smallest absolute Gasteiger partial charge is 0.241 e. The van der Waals surface area contributed by atoms with Gasteiger partial charge < -0.3 is 15.0 Å². The molecule has 1 atom stereocenters. The summed E-state index contributed by atoms with van der Waals surface area (Å²) in [5.74, 6) is 1.84. The highest BCUT2D eigenvalue weighted by Crippen LogP contribution is 2.25. The number of piperidine rings is 1. The van der Waals surface area contributed by atoms with Crippen molar-refractivity contribution in [2.75, 3.05) is 31.6 Å². The van der Waals surface area contributed by atoms with Crippen LogP contribution >= 0.6 is 0 Å². The van der Waals surface area contributed by atoms with E-state index in [0.29, 0.717) is 50.8 Å². The zero-order valence-corrected chi connectivity index (χ0v) is 22.3. The molecule has 1 saturated heterocycles. The van der Waals surface area contributed by atoms with E-state index in [1.807, 2.05) is 43.3 Å². The molecule has 3 aromatic rings. The van der Waals surface area contributed by atoms with E-state index in [0.717, 1.165) is 29.4 Å². The number of rotatable bonds is 11. The van der Waals surface area contributed by atoms with E-state index in [9.17, 15) is 13.2 Å². The third-order valence-corrected chi connectivity index (χ3v) is 8.21. The molecular formula is C28H36N4O4S. The van der Waals surface area contributed by atoms with E-state index in [4.69, 9.17) is 4.74 Å². The van der Waals surface area contributed by atoms with Crippen LogP contribution in [0.15, 0.2) is 65.7 Å². The van der Waals surface area contributed by atoms with Gasteiger partial charge in [-0.25, -0.2) is 13.4 Å². The molecule has 1 fully saturated rings. The number of carbonyl (C=O) groups excluding carboxylic acids is 1. The van der Waals surface area contributed by atoms with Crippen LogP contribution in [0.3, 0.4) is 0 Å². The average molecular weight is 525 g/mol. The van der Waals surface area contributed by atoms with Crippen LogP contribution < -0.4 is 14.8 Å². The third-order valence-electron chi connectivity index (χ3n) is 6.74. The van der Waals surface area contributed by atoms with Crippen LogP contribution in [-0.4, -0.2) is 56.5 Å². The molecule has 4 rings (SSSR count). The molecule has 37 heavy (non-hydrogen) atoms. The number of benzene rings is 2. The average Bonchev–Trinajstić information content (AvgIpc) is 2.91. The first-order valence-corrected chi connectivity index (χ1v) is 14.5. The first-order valence-electron chi connectivity index (χ1n) is 13.0. The fraction of sp³-hybridized carbons (Fsp3) is 0.429. The van der Waals surface area contributed by atoms with Gasteiger partial charge >= 0.3 is 0 Å². The van der Waals surface area contributed by atoms with Crippen LogP contribution in [0.5, 0.6) is 5.75 Å². The molecule has 2 heterocycles. The summed E-state index contributed by atoms with van der Waals surface area (Å²) in [6.45, 7) is 6.50. The van der Waals surface area contributed by atoms with Gasteiger partial charge in [0, 0.05) is 25.8 Å². The van der Waals surface area contributed by atoms with Crippen molar-refractivity contribution in [2.45, 2.75) is 50.5 Å². The Bertz CT molecular complexity index is 1290. The maximum atomic E-state index is 13.5. The van der Waals surface area contributed by atoms with Gasteiger partial charge in [0.25, 0.3) is 0 Å². The van der Waals surface area contributed by atoms with Crippen LogP contribution in [0.1, 0.15) is 39.5 Å². The number of hydrogen-bond acceptors (Lipinski definition) is 6. The Hall–Kier alpha value is -3.17. The van der Waals surface area contributed by atoms with Crippen LogP contribution in [-0.2, 0) is 14.8 Å². The third kappa shape index (κ3) is 7.20. The van der Waals surface area contributed by atoms with E-state index >= 15 is 0 Å². The number of anilines is 1. The van der Waals surface area contributed by atoms with Gasteiger partial charge in [-0.1, -0.05) is 25.1 Å². The minimum atomic E-state index is -3.93. The van der Waals surface area contributed by atoms with Gasteiger partial charge in [0.15, 0.2) is 0 Å². The number of nitrogens with zero attached hydrogens (tertiary/aromatic N) is 2. The van der Waals surface area contributed by atoms with Crippen molar-refractivity contribution in [3.05, 3.63) is 60.8 Å². The van der Waals surface area contributed by atoms with Gasteiger partial charge in [0.2, 0.25) is 15.9 Å². The van der Waals surface area contributed by atoms with Crippen molar-refractivity contribution in [1.29, 1.82) is 0 Å². The predicted octanol–water partition coefficient (Wildman–Crippen LogP) is 4.43. The number of likely N-dealkylation sites (tertiary alicyclic amines) is 1. The number of pyridine rings is 1. The molecule has 198 valence electrons. The Labute approximate surface area is 219 Å². The number of amides is 1. The van der Waals surface area contributed by atoms with E-state index in [2.05, 4.69) is 21.9 Å². The van der Waals surface area contributed by atoms with Crippen molar-refractivity contribution >= 4 is 32.5 Å². The normalized spacial score (nSPS) is 15.5. The van der Waals surface area contributed by atoms with E-state index in [1.165, 1.54) is 0 Å². The fourth-order valence-corrected chi connectivity index (χ4v) is 5.81. The molecular weight excluding hydrogens is 488 g/mol. The van der Waals surface area contributed by atoms with Crippen molar-refractivity contribution in [3.8, 4) is 5.75 Å². The van der Waals surface area contributed by atoms with Crippen molar-refractivity contribution in [2.24, 2.45) is 5.92 Å². The van der Waals surface area contributed by atoms with Crippen molar-refractivity contribution < 1.29 is 17.9 Å². The molecule has 1 aliphatic heterocycles. The number of hydrogen-bond donors (Lipinski definition) is 2. The van der Waals surface area contributed by atoms with Crippen LogP contribution in [0.2, 0.25) is 0 Å². The number of nitrogens with one attached hydrogen (secondary N) is 2. The Balaban J connectivity index is 1.50. The summed E-state index contributed by atoms with van der Waals surface area (Å²) in [5, 5.41) is 4.91. The molecule has 1 amide bonds. The topological polar surface area (TPSA) is 101 Å².